The molecule has 4 N–H and O–H groups in total. The minimum absolute atomic E-state index is 0.0139. The van der Waals surface area contributed by atoms with Crippen molar-refractivity contribution in [1.29, 1.82) is 0 Å². The molecule has 0 aliphatic rings. The molecule has 2 aromatic rings. The summed E-state index contributed by atoms with van der Waals surface area (Å²) in [5.41, 5.74) is 0.309. The highest BCUT2D eigenvalue weighted by Gasteiger charge is 2.16. The van der Waals surface area contributed by atoms with E-state index in [1.807, 2.05) is 0 Å². The van der Waals surface area contributed by atoms with Crippen LogP contribution in [0.4, 0.5) is 11.4 Å². The van der Waals surface area contributed by atoms with Gasteiger partial charge < -0.3 is 4.74 Å². The third-order valence-electron chi connectivity index (χ3n) is 2.81. The molecule has 0 fully saturated rings. The Hall–Kier alpha value is -1.82. The standard InChI is InChI=1S/C13H14BrN3O5S2/c1-22-13-6-5-11(8-12(13)14)23(18,19)16-9-3-2-4-10(7-9)17-24(15,20)21/h2-8,16-17H,1H3,(H2,15,20,21). The fourth-order valence-electron chi connectivity index (χ4n) is 1.84. The molecule has 0 bridgehead atoms. The van der Waals surface area contributed by atoms with E-state index >= 15 is 0 Å². The van der Waals surface area contributed by atoms with Gasteiger partial charge in [0.25, 0.3) is 20.2 Å². The van der Waals surface area contributed by atoms with E-state index < -0.39 is 20.2 Å². The van der Waals surface area contributed by atoms with E-state index in [0.717, 1.165) is 0 Å². The zero-order chi connectivity index (χ0) is 18.0. The highest BCUT2D eigenvalue weighted by molar-refractivity contribution is 9.10. The predicted molar refractivity (Wildman–Crippen MR) is 94.7 cm³/mol. The van der Waals surface area contributed by atoms with Crippen LogP contribution in [-0.4, -0.2) is 23.9 Å². The Morgan fingerprint density at radius 3 is 2.17 bits per heavy atom. The number of sulfonamides is 1. The Kier molecular flexibility index (Phi) is 5.38. The molecule has 0 unspecified atom stereocenters. The van der Waals surface area contributed by atoms with Crippen LogP contribution in [0.2, 0.25) is 0 Å². The Morgan fingerprint density at radius 2 is 1.62 bits per heavy atom. The van der Waals surface area contributed by atoms with Crippen LogP contribution in [0, 0.1) is 0 Å². The van der Waals surface area contributed by atoms with Crippen molar-refractivity contribution in [3.63, 3.8) is 0 Å². The lowest BCUT2D eigenvalue weighted by Gasteiger charge is -2.11. The molecule has 0 radical (unpaired) electrons. The smallest absolute Gasteiger partial charge is 0.296 e. The number of nitrogens with two attached hydrogens (primary N) is 1. The first-order valence-corrected chi connectivity index (χ1v) is 10.2. The van der Waals surface area contributed by atoms with Crippen molar-refractivity contribution >= 4 is 47.5 Å². The highest BCUT2D eigenvalue weighted by Crippen LogP contribution is 2.28. The van der Waals surface area contributed by atoms with Crippen LogP contribution in [-0.2, 0) is 20.2 Å². The molecule has 0 saturated carbocycles. The number of methoxy groups -OCH3 is 1. The Labute approximate surface area is 148 Å². The summed E-state index contributed by atoms with van der Waals surface area (Å²) in [4.78, 5) is 0.0139. The van der Waals surface area contributed by atoms with E-state index in [0.29, 0.717) is 10.2 Å². The lowest BCUT2D eigenvalue weighted by Crippen LogP contribution is -2.21. The maximum atomic E-state index is 12.4. The molecule has 0 heterocycles. The van der Waals surface area contributed by atoms with Crippen molar-refractivity contribution in [3.05, 3.63) is 46.9 Å². The Balaban J connectivity index is 2.29. The monoisotopic (exact) mass is 435 g/mol. The molecule has 0 amide bonds. The van der Waals surface area contributed by atoms with Gasteiger partial charge in [0.05, 0.1) is 27.9 Å². The first-order chi connectivity index (χ1) is 11.1. The van der Waals surface area contributed by atoms with Gasteiger partial charge in [-0.05, 0) is 52.3 Å². The van der Waals surface area contributed by atoms with Crippen LogP contribution in [0.5, 0.6) is 5.75 Å². The summed E-state index contributed by atoms with van der Waals surface area (Å²) in [7, 11) is -6.35. The van der Waals surface area contributed by atoms with Gasteiger partial charge in [-0.25, -0.2) is 13.6 Å². The van der Waals surface area contributed by atoms with Crippen molar-refractivity contribution in [2.24, 2.45) is 5.14 Å². The van der Waals surface area contributed by atoms with Gasteiger partial charge in [0, 0.05) is 0 Å². The topological polar surface area (TPSA) is 128 Å². The molecular formula is C13H14BrN3O5S2. The molecular weight excluding hydrogens is 422 g/mol. The van der Waals surface area contributed by atoms with Crippen LogP contribution in [0.15, 0.2) is 51.8 Å². The number of anilines is 2. The summed E-state index contributed by atoms with van der Waals surface area (Å²) in [6.07, 6.45) is 0. The van der Waals surface area contributed by atoms with Crippen LogP contribution in [0.25, 0.3) is 0 Å². The molecule has 130 valence electrons. The molecule has 0 aliphatic carbocycles. The number of hydrogen-bond donors (Lipinski definition) is 3. The van der Waals surface area contributed by atoms with Gasteiger partial charge in [0.1, 0.15) is 5.75 Å². The summed E-state index contributed by atoms with van der Waals surface area (Å²) < 4.78 is 56.8. The molecule has 2 aromatic carbocycles. The normalized spacial score (nSPS) is 11.8. The average Bonchev–Trinajstić information content (AvgIpc) is 2.45. The van der Waals surface area contributed by atoms with Gasteiger partial charge in [0.2, 0.25) is 0 Å². The minimum Gasteiger partial charge on any atom is -0.496 e. The van der Waals surface area contributed by atoms with Crippen LogP contribution >= 0.6 is 15.9 Å². The van der Waals surface area contributed by atoms with E-state index in [2.05, 4.69) is 25.4 Å². The Bertz CT molecular complexity index is 961. The zero-order valence-corrected chi connectivity index (χ0v) is 15.6. The van der Waals surface area contributed by atoms with Crippen molar-refractivity contribution in [1.82, 2.24) is 0 Å². The van der Waals surface area contributed by atoms with Gasteiger partial charge >= 0.3 is 0 Å². The molecule has 0 spiro atoms. The third-order valence-corrected chi connectivity index (χ3v) is 5.33. The van der Waals surface area contributed by atoms with Crippen molar-refractivity contribution in [2.75, 3.05) is 16.6 Å². The lowest BCUT2D eigenvalue weighted by atomic mass is 10.3. The minimum atomic E-state index is -3.95. The molecule has 0 aliphatic heterocycles. The van der Waals surface area contributed by atoms with E-state index in [1.54, 1.807) is 0 Å². The summed E-state index contributed by atoms with van der Waals surface area (Å²) in [6.45, 7) is 0. The quantitative estimate of drug-likeness (QED) is 0.637. The molecule has 11 heteroatoms. The van der Waals surface area contributed by atoms with Gasteiger partial charge in [-0.3, -0.25) is 9.44 Å². The first kappa shape index (κ1) is 18.5. The number of ether oxygens (including phenoxy) is 1. The van der Waals surface area contributed by atoms with Crippen LogP contribution in [0.1, 0.15) is 0 Å². The van der Waals surface area contributed by atoms with Gasteiger partial charge in [0.15, 0.2) is 0 Å². The van der Waals surface area contributed by atoms with E-state index in [9.17, 15) is 16.8 Å². The van der Waals surface area contributed by atoms with E-state index in [4.69, 9.17) is 9.88 Å². The van der Waals surface area contributed by atoms with E-state index in [-0.39, 0.29) is 16.3 Å². The molecule has 0 atom stereocenters. The SMILES string of the molecule is COc1ccc(S(=O)(=O)Nc2cccc(NS(N)(=O)=O)c2)cc1Br. The van der Waals surface area contributed by atoms with Crippen molar-refractivity contribution < 1.29 is 21.6 Å². The second-order valence-electron chi connectivity index (χ2n) is 4.63. The Morgan fingerprint density at radius 1 is 1.00 bits per heavy atom. The molecule has 2 rings (SSSR count). The summed E-state index contributed by atoms with van der Waals surface area (Å²) in [6, 6.07) is 10.00. The molecule has 8 nitrogen and oxygen atoms in total. The second kappa shape index (κ2) is 6.97. The lowest BCUT2D eigenvalue weighted by molar-refractivity contribution is 0.411. The maximum absolute atomic E-state index is 12.4. The first-order valence-electron chi connectivity index (χ1n) is 6.38. The van der Waals surface area contributed by atoms with Crippen molar-refractivity contribution in [2.45, 2.75) is 4.90 Å². The number of rotatable bonds is 6. The summed E-state index contributed by atoms with van der Waals surface area (Å²) >= 11 is 3.22. The number of hydrogen-bond acceptors (Lipinski definition) is 5. The predicted octanol–water partition coefficient (Wildman–Crippen LogP) is 1.87. The fraction of sp³-hybridized carbons (Fsp3) is 0.0769. The van der Waals surface area contributed by atoms with Gasteiger partial charge in [-0.15, -0.1) is 0 Å². The molecule has 0 aromatic heterocycles. The second-order valence-corrected chi connectivity index (χ2v) is 8.46. The molecule has 0 saturated heterocycles. The summed E-state index contributed by atoms with van der Waals surface area (Å²) in [5, 5.41) is 4.89. The van der Waals surface area contributed by atoms with Crippen molar-refractivity contribution in [3.8, 4) is 5.75 Å². The van der Waals surface area contributed by atoms with E-state index in [1.165, 1.54) is 49.6 Å². The zero-order valence-electron chi connectivity index (χ0n) is 12.4. The molecule has 24 heavy (non-hydrogen) atoms. The van der Waals surface area contributed by atoms with Gasteiger partial charge in [-0.2, -0.15) is 8.42 Å². The van der Waals surface area contributed by atoms with Crippen LogP contribution in [0.3, 0.4) is 0 Å². The fourth-order valence-corrected chi connectivity index (χ4v) is 4.06. The number of nitrogens with one attached hydrogen (secondary N) is 2. The highest BCUT2D eigenvalue weighted by atomic mass is 79.9. The average molecular weight is 436 g/mol. The van der Waals surface area contributed by atoms with Crippen LogP contribution < -0.4 is 19.3 Å². The third kappa shape index (κ3) is 4.84. The number of halogens is 1. The summed E-state index contributed by atoms with van der Waals surface area (Å²) in [5.74, 6) is 0.494. The number of benzene rings is 2. The van der Waals surface area contributed by atoms with Gasteiger partial charge in [-0.1, -0.05) is 6.07 Å². The largest absolute Gasteiger partial charge is 0.496 e. The maximum Gasteiger partial charge on any atom is 0.296 e.